The molecule has 0 unspecified atom stereocenters. The van der Waals surface area contributed by atoms with Crippen molar-refractivity contribution in [3.05, 3.63) is 0 Å². The van der Waals surface area contributed by atoms with Crippen LogP contribution in [-0.2, 0) is 9.53 Å². The normalized spacial score (nSPS) is 16.8. The van der Waals surface area contributed by atoms with Gasteiger partial charge in [-0.25, -0.2) is 9.59 Å². The number of likely N-dealkylation sites (tertiary alicyclic amines) is 1. The second-order valence-corrected chi connectivity index (χ2v) is 4.59. The lowest BCUT2D eigenvalue weighted by atomic mass is 10.1. The van der Waals surface area contributed by atoms with E-state index in [0.717, 1.165) is 25.9 Å². The van der Waals surface area contributed by atoms with Crippen molar-refractivity contribution < 1.29 is 14.3 Å². The molecule has 0 atom stereocenters. The highest BCUT2D eigenvalue weighted by atomic mass is 16.5. The summed E-state index contributed by atoms with van der Waals surface area (Å²) < 4.78 is 4.63. The van der Waals surface area contributed by atoms with Gasteiger partial charge in [0.05, 0.1) is 7.11 Å². The van der Waals surface area contributed by atoms with Crippen molar-refractivity contribution in [2.24, 2.45) is 0 Å². The number of carbonyl (C=O) groups is 2. The van der Waals surface area contributed by atoms with E-state index in [0.29, 0.717) is 0 Å². The Morgan fingerprint density at radius 3 is 2.25 bits per heavy atom. The van der Waals surface area contributed by atoms with Crippen LogP contribution in [0.4, 0.5) is 4.79 Å². The summed E-state index contributed by atoms with van der Waals surface area (Å²) in [5, 5.41) is 2.69. The van der Waals surface area contributed by atoms with Crippen LogP contribution >= 0.6 is 0 Å². The number of nitrogens with zero attached hydrogens (tertiary/aromatic N) is 1. The second kappa shape index (κ2) is 5.18. The van der Waals surface area contributed by atoms with Gasteiger partial charge in [-0.2, -0.15) is 0 Å². The quantitative estimate of drug-likeness (QED) is 0.721. The van der Waals surface area contributed by atoms with Crippen LogP contribution in [0.3, 0.4) is 0 Å². The van der Waals surface area contributed by atoms with Gasteiger partial charge in [0, 0.05) is 13.1 Å². The molecule has 1 heterocycles. The summed E-state index contributed by atoms with van der Waals surface area (Å²) >= 11 is 0. The maximum absolute atomic E-state index is 11.8. The Labute approximate surface area is 96.1 Å². The van der Waals surface area contributed by atoms with Gasteiger partial charge in [-0.3, -0.25) is 0 Å². The van der Waals surface area contributed by atoms with Gasteiger partial charge in [0.2, 0.25) is 0 Å². The van der Waals surface area contributed by atoms with Crippen LogP contribution in [0, 0.1) is 0 Å². The third-order valence-corrected chi connectivity index (χ3v) is 2.76. The number of ether oxygens (including phenoxy) is 1. The molecule has 0 saturated carbocycles. The number of nitrogens with one attached hydrogen (secondary N) is 1. The minimum Gasteiger partial charge on any atom is -0.467 e. The molecule has 0 aromatic rings. The van der Waals surface area contributed by atoms with E-state index in [1.54, 1.807) is 18.7 Å². The lowest BCUT2D eigenvalue weighted by Crippen LogP contribution is -2.55. The smallest absolute Gasteiger partial charge is 0.331 e. The van der Waals surface area contributed by atoms with E-state index in [9.17, 15) is 9.59 Å². The predicted molar refractivity (Wildman–Crippen MR) is 60.1 cm³/mol. The highest BCUT2D eigenvalue weighted by Gasteiger charge is 2.32. The average Bonchev–Trinajstić information content (AvgIpc) is 2.28. The summed E-state index contributed by atoms with van der Waals surface area (Å²) in [6, 6.07) is -0.185. The maximum Gasteiger partial charge on any atom is 0.331 e. The number of esters is 1. The van der Waals surface area contributed by atoms with Gasteiger partial charge in [-0.05, 0) is 33.1 Å². The fourth-order valence-electron chi connectivity index (χ4n) is 1.75. The molecular formula is C11H20N2O3. The SMILES string of the molecule is COC(=O)C(C)(C)NC(=O)N1CCCCC1. The molecule has 1 rings (SSSR count). The fourth-order valence-corrected chi connectivity index (χ4v) is 1.75. The first-order valence-corrected chi connectivity index (χ1v) is 5.63. The third kappa shape index (κ3) is 3.12. The van der Waals surface area contributed by atoms with Crippen molar-refractivity contribution in [1.82, 2.24) is 10.2 Å². The predicted octanol–water partition coefficient (Wildman–Crippen LogP) is 1.13. The number of carbonyl (C=O) groups excluding carboxylic acids is 2. The molecule has 0 aromatic carbocycles. The lowest BCUT2D eigenvalue weighted by molar-refractivity contribution is -0.146. The summed E-state index contributed by atoms with van der Waals surface area (Å²) in [6.07, 6.45) is 3.24. The van der Waals surface area contributed by atoms with Gasteiger partial charge >= 0.3 is 12.0 Å². The van der Waals surface area contributed by atoms with Gasteiger partial charge in [-0.1, -0.05) is 0 Å². The zero-order valence-electron chi connectivity index (χ0n) is 10.2. The number of hydrogen-bond donors (Lipinski definition) is 1. The molecule has 2 amide bonds. The minimum atomic E-state index is -0.969. The average molecular weight is 228 g/mol. The minimum absolute atomic E-state index is 0.185. The Kier molecular flexibility index (Phi) is 4.15. The van der Waals surface area contributed by atoms with Crippen LogP contribution < -0.4 is 5.32 Å². The van der Waals surface area contributed by atoms with Crippen molar-refractivity contribution >= 4 is 12.0 Å². The number of methoxy groups -OCH3 is 1. The lowest BCUT2D eigenvalue weighted by Gasteiger charge is -2.31. The maximum atomic E-state index is 11.8. The Bertz CT molecular complexity index is 270. The van der Waals surface area contributed by atoms with E-state index in [1.807, 2.05) is 0 Å². The molecule has 5 nitrogen and oxygen atoms in total. The van der Waals surface area contributed by atoms with E-state index in [4.69, 9.17) is 0 Å². The largest absolute Gasteiger partial charge is 0.467 e. The van der Waals surface area contributed by atoms with E-state index in [-0.39, 0.29) is 6.03 Å². The van der Waals surface area contributed by atoms with Crippen molar-refractivity contribution in [1.29, 1.82) is 0 Å². The molecule has 5 heteroatoms. The summed E-state index contributed by atoms with van der Waals surface area (Å²) in [4.78, 5) is 25.0. The van der Waals surface area contributed by atoms with Crippen molar-refractivity contribution in [2.75, 3.05) is 20.2 Å². The third-order valence-electron chi connectivity index (χ3n) is 2.76. The van der Waals surface area contributed by atoms with Crippen LogP contribution in [0.2, 0.25) is 0 Å². The first-order chi connectivity index (χ1) is 7.47. The van der Waals surface area contributed by atoms with Gasteiger partial charge in [0.15, 0.2) is 0 Å². The highest BCUT2D eigenvalue weighted by Crippen LogP contribution is 2.11. The molecule has 1 fully saturated rings. The Morgan fingerprint density at radius 1 is 1.19 bits per heavy atom. The second-order valence-electron chi connectivity index (χ2n) is 4.59. The summed E-state index contributed by atoms with van der Waals surface area (Å²) in [5.74, 6) is -0.433. The van der Waals surface area contributed by atoms with Gasteiger partial charge in [0.25, 0.3) is 0 Å². The highest BCUT2D eigenvalue weighted by molar-refractivity contribution is 5.86. The Morgan fingerprint density at radius 2 is 1.75 bits per heavy atom. The summed E-state index contributed by atoms with van der Waals surface area (Å²) in [7, 11) is 1.32. The molecule has 0 radical (unpaired) electrons. The zero-order chi connectivity index (χ0) is 12.2. The van der Waals surface area contributed by atoms with Crippen LogP contribution in [0.1, 0.15) is 33.1 Å². The van der Waals surface area contributed by atoms with Crippen molar-refractivity contribution in [3.8, 4) is 0 Å². The topological polar surface area (TPSA) is 58.6 Å². The molecule has 0 aromatic heterocycles. The molecule has 1 N–H and O–H groups in total. The standard InChI is InChI=1S/C11H20N2O3/c1-11(2,9(14)16-3)12-10(15)13-7-5-4-6-8-13/h4-8H2,1-3H3,(H,12,15). The summed E-state index contributed by atoms with van der Waals surface area (Å²) in [6.45, 7) is 4.81. The van der Waals surface area contributed by atoms with Crippen molar-refractivity contribution in [3.63, 3.8) is 0 Å². The fraction of sp³-hybridized carbons (Fsp3) is 0.818. The van der Waals surface area contributed by atoms with E-state index in [2.05, 4.69) is 10.1 Å². The first kappa shape index (κ1) is 12.8. The molecule has 16 heavy (non-hydrogen) atoms. The van der Waals surface area contributed by atoms with Crippen LogP contribution in [0.5, 0.6) is 0 Å². The first-order valence-electron chi connectivity index (χ1n) is 5.63. The molecule has 0 aliphatic carbocycles. The van der Waals surface area contributed by atoms with Gasteiger partial charge < -0.3 is 15.0 Å². The Balaban J connectivity index is 2.52. The molecule has 1 saturated heterocycles. The Hall–Kier alpha value is -1.26. The van der Waals surface area contributed by atoms with Crippen LogP contribution in [0.25, 0.3) is 0 Å². The molecule has 0 bridgehead atoms. The number of amides is 2. The van der Waals surface area contributed by atoms with Crippen LogP contribution in [-0.4, -0.2) is 42.6 Å². The monoisotopic (exact) mass is 228 g/mol. The number of hydrogen-bond acceptors (Lipinski definition) is 3. The van der Waals surface area contributed by atoms with Crippen LogP contribution in [0.15, 0.2) is 0 Å². The molecule has 1 aliphatic rings. The molecular weight excluding hydrogens is 208 g/mol. The van der Waals surface area contributed by atoms with E-state index in [1.165, 1.54) is 13.5 Å². The molecule has 92 valence electrons. The van der Waals surface area contributed by atoms with Crippen molar-refractivity contribution in [2.45, 2.75) is 38.6 Å². The number of urea groups is 1. The van der Waals surface area contributed by atoms with Gasteiger partial charge in [0.1, 0.15) is 5.54 Å². The molecule has 1 aliphatic heterocycles. The number of piperidine rings is 1. The number of rotatable bonds is 2. The van der Waals surface area contributed by atoms with Gasteiger partial charge in [-0.15, -0.1) is 0 Å². The summed E-state index contributed by atoms with van der Waals surface area (Å²) in [5.41, 5.74) is -0.969. The molecule has 0 spiro atoms. The van der Waals surface area contributed by atoms with E-state index >= 15 is 0 Å². The zero-order valence-corrected chi connectivity index (χ0v) is 10.2. The van der Waals surface area contributed by atoms with E-state index < -0.39 is 11.5 Å².